The van der Waals surface area contributed by atoms with Crippen LogP contribution in [-0.2, 0) is 23.7 Å². The van der Waals surface area contributed by atoms with E-state index >= 15 is 0 Å². The standard InChI is InChI=1S/C26H50O9/c1-3-5-7-9-11-13-15-22(28)34-20(18-32-16-14-12-10-8-6-4-2)19-33-26-25(31)24(30)23(29)21(17-27)35-26/h20-21,23-27,29-31H,3-19H2,1-2H3. The number of aliphatic hydroxyl groups is 4. The first-order valence-electron chi connectivity index (χ1n) is 13.6. The first-order chi connectivity index (χ1) is 16.9. The summed E-state index contributed by atoms with van der Waals surface area (Å²) < 4.78 is 22.3. The molecule has 1 fully saturated rings. The van der Waals surface area contributed by atoms with Crippen molar-refractivity contribution >= 4 is 5.97 Å². The van der Waals surface area contributed by atoms with Gasteiger partial charge in [-0.05, 0) is 12.8 Å². The Labute approximate surface area is 211 Å². The van der Waals surface area contributed by atoms with Crippen molar-refractivity contribution in [1.29, 1.82) is 0 Å². The van der Waals surface area contributed by atoms with E-state index in [2.05, 4.69) is 13.8 Å². The molecule has 0 aromatic carbocycles. The third-order valence-electron chi connectivity index (χ3n) is 6.27. The molecule has 0 radical (unpaired) electrons. The van der Waals surface area contributed by atoms with E-state index in [1.165, 1.54) is 44.9 Å². The summed E-state index contributed by atoms with van der Waals surface area (Å²) in [7, 11) is 0. The summed E-state index contributed by atoms with van der Waals surface area (Å²) in [5, 5.41) is 39.4. The van der Waals surface area contributed by atoms with Gasteiger partial charge in [-0.1, -0.05) is 78.1 Å². The Morgan fingerprint density at radius 2 is 1.40 bits per heavy atom. The highest BCUT2D eigenvalue weighted by Gasteiger charge is 2.44. The van der Waals surface area contributed by atoms with Crippen LogP contribution in [0.25, 0.3) is 0 Å². The average Bonchev–Trinajstić information content (AvgIpc) is 2.85. The van der Waals surface area contributed by atoms with Gasteiger partial charge < -0.3 is 39.4 Å². The summed E-state index contributed by atoms with van der Waals surface area (Å²) in [4.78, 5) is 12.4. The van der Waals surface area contributed by atoms with Gasteiger partial charge in [0, 0.05) is 13.0 Å². The third-order valence-corrected chi connectivity index (χ3v) is 6.27. The van der Waals surface area contributed by atoms with E-state index in [4.69, 9.17) is 18.9 Å². The topological polar surface area (TPSA) is 135 Å². The first kappa shape index (κ1) is 32.2. The van der Waals surface area contributed by atoms with Crippen molar-refractivity contribution in [3.8, 4) is 0 Å². The molecule has 0 aromatic heterocycles. The smallest absolute Gasteiger partial charge is 0.306 e. The van der Waals surface area contributed by atoms with Crippen LogP contribution in [0.5, 0.6) is 0 Å². The lowest BCUT2D eigenvalue weighted by atomic mass is 9.99. The summed E-state index contributed by atoms with van der Waals surface area (Å²) in [6.45, 7) is 4.40. The van der Waals surface area contributed by atoms with Gasteiger partial charge in [-0.3, -0.25) is 4.79 Å². The van der Waals surface area contributed by atoms with Crippen LogP contribution in [0.4, 0.5) is 0 Å². The molecule has 1 saturated heterocycles. The summed E-state index contributed by atoms with van der Waals surface area (Å²) >= 11 is 0. The minimum Gasteiger partial charge on any atom is -0.457 e. The highest BCUT2D eigenvalue weighted by atomic mass is 16.7. The number of ether oxygens (including phenoxy) is 4. The second-order valence-corrected chi connectivity index (χ2v) is 9.50. The highest BCUT2D eigenvalue weighted by molar-refractivity contribution is 5.69. The molecule has 0 saturated carbocycles. The fourth-order valence-electron chi connectivity index (χ4n) is 4.02. The van der Waals surface area contributed by atoms with Gasteiger partial charge in [0.05, 0.1) is 19.8 Å². The zero-order valence-electron chi connectivity index (χ0n) is 21.8. The number of rotatable bonds is 21. The maximum absolute atomic E-state index is 12.4. The number of esters is 1. The van der Waals surface area contributed by atoms with Crippen LogP contribution in [0.1, 0.15) is 97.3 Å². The first-order valence-corrected chi connectivity index (χ1v) is 13.6. The minimum absolute atomic E-state index is 0.110. The van der Waals surface area contributed by atoms with Gasteiger partial charge >= 0.3 is 5.97 Å². The predicted octanol–water partition coefficient (Wildman–Crippen LogP) is 2.84. The van der Waals surface area contributed by atoms with Crippen molar-refractivity contribution in [2.24, 2.45) is 0 Å². The molecule has 1 aliphatic rings. The maximum atomic E-state index is 12.4. The average molecular weight is 507 g/mol. The Bertz CT molecular complexity index is 517. The van der Waals surface area contributed by atoms with E-state index in [1.807, 2.05) is 0 Å². The lowest BCUT2D eigenvalue weighted by Gasteiger charge is -2.39. The van der Waals surface area contributed by atoms with Gasteiger partial charge in [-0.25, -0.2) is 0 Å². The molecule has 208 valence electrons. The Balaban J connectivity index is 2.48. The SMILES string of the molecule is CCCCCCCCOCC(COC1OC(CO)C(O)C(O)C1O)OC(=O)CCCCCCCC. The molecule has 9 heteroatoms. The van der Waals surface area contributed by atoms with E-state index < -0.39 is 43.4 Å². The van der Waals surface area contributed by atoms with Crippen LogP contribution >= 0.6 is 0 Å². The van der Waals surface area contributed by atoms with E-state index in [0.29, 0.717) is 13.0 Å². The van der Waals surface area contributed by atoms with Gasteiger partial charge in [0.15, 0.2) is 6.29 Å². The van der Waals surface area contributed by atoms with Crippen molar-refractivity contribution in [2.45, 2.75) is 134 Å². The van der Waals surface area contributed by atoms with Crippen LogP contribution in [0.3, 0.4) is 0 Å². The molecule has 6 unspecified atom stereocenters. The van der Waals surface area contributed by atoms with Crippen LogP contribution in [-0.4, -0.2) is 89.6 Å². The fourth-order valence-corrected chi connectivity index (χ4v) is 4.02. The third kappa shape index (κ3) is 13.9. The summed E-state index contributed by atoms with van der Waals surface area (Å²) in [5.41, 5.74) is 0. The zero-order valence-corrected chi connectivity index (χ0v) is 21.8. The highest BCUT2D eigenvalue weighted by Crippen LogP contribution is 2.22. The van der Waals surface area contributed by atoms with E-state index in [1.54, 1.807) is 0 Å². The van der Waals surface area contributed by atoms with Gasteiger partial charge in [-0.15, -0.1) is 0 Å². The maximum Gasteiger partial charge on any atom is 0.306 e. The molecule has 0 bridgehead atoms. The van der Waals surface area contributed by atoms with Crippen molar-refractivity contribution in [1.82, 2.24) is 0 Å². The van der Waals surface area contributed by atoms with Crippen molar-refractivity contribution in [2.75, 3.05) is 26.4 Å². The van der Waals surface area contributed by atoms with Gasteiger partial charge in [0.2, 0.25) is 0 Å². The van der Waals surface area contributed by atoms with Crippen LogP contribution in [0, 0.1) is 0 Å². The Morgan fingerprint density at radius 1 is 0.800 bits per heavy atom. The number of aliphatic hydroxyl groups excluding tert-OH is 4. The molecular weight excluding hydrogens is 456 g/mol. The van der Waals surface area contributed by atoms with Crippen molar-refractivity contribution in [3.05, 3.63) is 0 Å². The molecule has 0 aromatic rings. The summed E-state index contributed by atoms with van der Waals surface area (Å²) in [5.74, 6) is -0.328. The molecule has 9 nitrogen and oxygen atoms in total. The molecule has 0 spiro atoms. The van der Waals surface area contributed by atoms with Crippen molar-refractivity contribution in [3.63, 3.8) is 0 Å². The normalized spacial score (nSPS) is 25.5. The number of hydrogen-bond donors (Lipinski definition) is 4. The molecule has 1 rings (SSSR count). The zero-order chi connectivity index (χ0) is 25.9. The van der Waals surface area contributed by atoms with Gasteiger partial charge in [-0.2, -0.15) is 0 Å². The largest absolute Gasteiger partial charge is 0.457 e. The number of hydrogen-bond acceptors (Lipinski definition) is 9. The molecule has 1 aliphatic heterocycles. The van der Waals surface area contributed by atoms with Crippen LogP contribution in [0.15, 0.2) is 0 Å². The Hall–Kier alpha value is -0.810. The number of carbonyl (C=O) groups excluding carboxylic acids is 1. The van der Waals surface area contributed by atoms with E-state index in [0.717, 1.165) is 32.1 Å². The lowest BCUT2D eigenvalue weighted by Crippen LogP contribution is -2.59. The van der Waals surface area contributed by atoms with Gasteiger partial charge in [0.25, 0.3) is 0 Å². The monoisotopic (exact) mass is 506 g/mol. The van der Waals surface area contributed by atoms with E-state index in [-0.39, 0.29) is 19.2 Å². The number of carbonyl (C=O) groups is 1. The Morgan fingerprint density at radius 3 is 2.03 bits per heavy atom. The molecular formula is C26H50O9. The second kappa shape index (κ2) is 20.3. The molecule has 1 heterocycles. The molecule has 4 N–H and O–H groups in total. The van der Waals surface area contributed by atoms with Gasteiger partial charge in [0.1, 0.15) is 30.5 Å². The molecule has 0 aliphatic carbocycles. The van der Waals surface area contributed by atoms with Crippen molar-refractivity contribution < 1.29 is 44.2 Å². The Kier molecular flexibility index (Phi) is 18.7. The quantitative estimate of drug-likeness (QED) is 0.137. The lowest BCUT2D eigenvalue weighted by molar-refractivity contribution is -0.305. The number of unbranched alkanes of at least 4 members (excludes halogenated alkanes) is 10. The molecule has 0 amide bonds. The van der Waals surface area contributed by atoms with Crippen LogP contribution < -0.4 is 0 Å². The molecule has 35 heavy (non-hydrogen) atoms. The summed E-state index contributed by atoms with van der Waals surface area (Å²) in [6.07, 6.45) is 6.07. The fraction of sp³-hybridized carbons (Fsp3) is 0.962. The predicted molar refractivity (Wildman–Crippen MR) is 132 cm³/mol. The molecule has 6 atom stereocenters. The minimum atomic E-state index is -1.52. The second-order valence-electron chi connectivity index (χ2n) is 9.50. The summed E-state index contributed by atoms with van der Waals surface area (Å²) in [6, 6.07) is 0. The van der Waals surface area contributed by atoms with Crippen LogP contribution in [0.2, 0.25) is 0 Å². The van der Waals surface area contributed by atoms with E-state index in [9.17, 15) is 25.2 Å².